The molecule has 0 bridgehead atoms. The van der Waals surface area contributed by atoms with Crippen LogP contribution in [0.3, 0.4) is 0 Å². The molecule has 3 rings (SSSR count). The molecule has 2 aromatic heterocycles. The van der Waals surface area contributed by atoms with Gasteiger partial charge in [0.15, 0.2) is 5.76 Å². The van der Waals surface area contributed by atoms with Crippen molar-refractivity contribution < 1.29 is 13.9 Å². The Hall–Kier alpha value is -3.02. The van der Waals surface area contributed by atoms with Gasteiger partial charge in [0, 0.05) is 24.8 Å². The molecule has 1 amide bonds. The third kappa shape index (κ3) is 3.79. The number of amides is 1. The molecule has 0 saturated heterocycles. The zero-order chi connectivity index (χ0) is 18.7. The number of aryl methyl sites for hydroxylation is 3. The molecular weight excluding hydrogens is 330 g/mol. The summed E-state index contributed by atoms with van der Waals surface area (Å²) in [6.07, 6.45) is 1.75. The number of carbonyl (C=O) groups is 1. The maximum Gasteiger partial charge on any atom is 0.287 e. The van der Waals surface area contributed by atoms with Gasteiger partial charge in [-0.25, -0.2) is 0 Å². The Morgan fingerprint density at radius 3 is 2.58 bits per heavy atom. The molecule has 1 N–H and O–H groups in total. The fourth-order valence-electron chi connectivity index (χ4n) is 2.73. The van der Waals surface area contributed by atoms with E-state index in [0.717, 1.165) is 28.1 Å². The maximum atomic E-state index is 12.3. The maximum absolute atomic E-state index is 12.3. The van der Waals surface area contributed by atoms with E-state index in [1.807, 2.05) is 46.0 Å². The zero-order valence-electron chi connectivity index (χ0n) is 15.5. The molecule has 6 heteroatoms. The van der Waals surface area contributed by atoms with E-state index in [0.29, 0.717) is 12.3 Å². The Balaban J connectivity index is 1.58. The van der Waals surface area contributed by atoms with Gasteiger partial charge in [0.2, 0.25) is 0 Å². The molecule has 0 aliphatic rings. The van der Waals surface area contributed by atoms with Crippen molar-refractivity contribution in [1.29, 1.82) is 0 Å². The predicted octanol–water partition coefficient (Wildman–Crippen LogP) is 3.45. The van der Waals surface area contributed by atoms with E-state index < -0.39 is 0 Å². The molecule has 0 spiro atoms. The first-order valence-corrected chi connectivity index (χ1v) is 8.49. The second kappa shape index (κ2) is 7.47. The van der Waals surface area contributed by atoms with Gasteiger partial charge in [-0.2, -0.15) is 5.10 Å². The number of ether oxygens (including phenoxy) is 1. The van der Waals surface area contributed by atoms with Crippen LogP contribution in [0.2, 0.25) is 0 Å². The minimum absolute atomic E-state index is 0.258. The predicted molar refractivity (Wildman–Crippen MR) is 98.1 cm³/mol. The Morgan fingerprint density at radius 2 is 1.92 bits per heavy atom. The highest BCUT2D eigenvalue weighted by atomic mass is 16.5. The highest BCUT2D eigenvalue weighted by Gasteiger charge is 2.13. The number of aromatic nitrogens is 2. The summed E-state index contributed by atoms with van der Waals surface area (Å²) in [5, 5.41) is 7.01. The van der Waals surface area contributed by atoms with Crippen LogP contribution >= 0.6 is 0 Å². The first kappa shape index (κ1) is 17.8. The van der Waals surface area contributed by atoms with Crippen LogP contribution in [0.1, 0.15) is 38.7 Å². The Bertz CT molecular complexity index is 904. The fraction of sp³-hybridized carbons (Fsp3) is 0.300. The van der Waals surface area contributed by atoms with Gasteiger partial charge >= 0.3 is 0 Å². The summed E-state index contributed by atoms with van der Waals surface area (Å²) in [6.45, 7) is 6.66. The number of nitrogens with zero attached hydrogens (tertiary/aromatic N) is 2. The standard InChI is InChI=1S/C20H23N3O3/c1-13-6-5-7-14(2)19(13)25-12-17-8-9-18(26-17)20(24)21-10-16-11-22-23(4)15(16)3/h5-9,11H,10,12H2,1-4H3,(H,21,24). The Kier molecular flexibility index (Phi) is 5.11. The van der Waals surface area contributed by atoms with Crippen molar-refractivity contribution in [3.8, 4) is 5.75 Å². The number of furan rings is 1. The van der Waals surface area contributed by atoms with Crippen LogP contribution in [0.25, 0.3) is 0 Å². The molecule has 26 heavy (non-hydrogen) atoms. The number of hydrogen-bond acceptors (Lipinski definition) is 4. The van der Waals surface area contributed by atoms with E-state index in [2.05, 4.69) is 10.4 Å². The van der Waals surface area contributed by atoms with Crippen LogP contribution in [0, 0.1) is 20.8 Å². The highest BCUT2D eigenvalue weighted by molar-refractivity contribution is 5.91. The van der Waals surface area contributed by atoms with Crippen molar-refractivity contribution in [3.05, 3.63) is 70.4 Å². The van der Waals surface area contributed by atoms with Gasteiger partial charge in [-0.1, -0.05) is 18.2 Å². The summed E-state index contributed by atoms with van der Waals surface area (Å²) in [5.74, 6) is 1.47. The van der Waals surface area contributed by atoms with Gasteiger partial charge in [0.25, 0.3) is 5.91 Å². The molecule has 0 radical (unpaired) electrons. The number of benzene rings is 1. The average molecular weight is 353 g/mol. The summed E-state index contributed by atoms with van der Waals surface area (Å²) in [4.78, 5) is 12.3. The molecule has 0 atom stereocenters. The third-order valence-corrected chi connectivity index (χ3v) is 4.43. The average Bonchev–Trinajstić information content (AvgIpc) is 3.21. The lowest BCUT2D eigenvalue weighted by Gasteiger charge is -2.10. The lowest BCUT2D eigenvalue weighted by Crippen LogP contribution is -2.22. The SMILES string of the molecule is Cc1cccc(C)c1OCc1ccc(C(=O)NCc2cnn(C)c2C)o1. The highest BCUT2D eigenvalue weighted by Crippen LogP contribution is 2.23. The minimum Gasteiger partial charge on any atom is -0.485 e. The van der Waals surface area contributed by atoms with Crippen LogP contribution in [0.5, 0.6) is 5.75 Å². The molecule has 0 aliphatic carbocycles. The van der Waals surface area contributed by atoms with Crippen LogP contribution in [-0.4, -0.2) is 15.7 Å². The molecule has 0 aliphatic heterocycles. The zero-order valence-corrected chi connectivity index (χ0v) is 15.5. The van der Waals surface area contributed by atoms with E-state index in [1.165, 1.54) is 0 Å². The van der Waals surface area contributed by atoms with Gasteiger partial charge in [-0.3, -0.25) is 9.48 Å². The minimum atomic E-state index is -0.258. The topological polar surface area (TPSA) is 69.3 Å². The lowest BCUT2D eigenvalue weighted by molar-refractivity contribution is 0.0919. The molecule has 3 aromatic rings. The smallest absolute Gasteiger partial charge is 0.287 e. The van der Waals surface area contributed by atoms with Crippen LogP contribution in [-0.2, 0) is 20.2 Å². The summed E-state index contributed by atoms with van der Waals surface area (Å²) in [7, 11) is 1.87. The van der Waals surface area contributed by atoms with Gasteiger partial charge in [-0.15, -0.1) is 0 Å². The summed E-state index contributed by atoms with van der Waals surface area (Å²) < 4.78 is 13.2. The van der Waals surface area contributed by atoms with E-state index >= 15 is 0 Å². The van der Waals surface area contributed by atoms with E-state index in [1.54, 1.807) is 23.0 Å². The quantitative estimate of drug-likeness (QED) is 0.737. The van der Waals surface area contributed by atoms with Gasteiger partial charge in [0.1, 0.15) is 18.1 Å². The molecule has 2 heterocycles. The molecular formula is C20H23N3O3. The van der Waals surface area contributed by atoms with Gasteiger partial charge in [-0.05, 0) is 44.0 Å². The van der Waals surface area contributed by atoms with Crippen LogP contribution in [0.4, 0.5) is 0 Å². The Labute approximate surface area is 152 Å². The molecule has 6 nitrogen and oxygen atoms in total. The second-order valence-electron chi connectivity index (χ2n) is 6.34. The first-order valence-electron chi connectivity index (χ1n) is 8.49. The van der Waals surface area contributed by atoms with Crippen molar-refractivity contribution in [2.24, 2.45) is 7.05 Å². The van der Waals surface area contributed by atoms with Crippen molar-refractivity contribution >= 4 is 5.91 Å². The van der Waals surface area contributed by atoms with Gasteiger partial charge < -0.3 is 14.5 Å². The summed E-state index contributed by atoms with van der Waals surface area (Å²) in [5.41, 5.74) is 4.14. The van der Waals surface area contributed by atoms with Gasteiger partial charge in [0.05, 0.1) is 6.20 Å². The number of hydrogen-bond donors (Lipinski definition) is 1. The van der Waals surface area contributed by atoms with Crippen molar-refractivity contribution in [2.45, 2.75) is 33.9 Å². The number of para-hydroxylation sites is 1. The molecule has 0 saturated carbocycles. The normalized spacial score (nSPS) is 10.8. The number of rotatable bonds is 6. The van der Waals surface area contributed by atoms with E-state index in [-0.39, 0.29) is 18.3 Å². The fourth-order valence-corrected chi connectivity index (χ4v) is 2.73. The van der Waals surface area contributed by atoms with Crippen molar-refractivity contribution in [2.75, 3.05) is 0 Å². The molecule has 1 aromatic carbocycles. The van der Waals surface area contributed by atoms with E-state index in [4.69, 9.17) is 9.15 Å². The molecule has 0 unspecified atom stereocenters. The summed E-state index contributed by atoms with van der Waals surface area (Å²) >= 11 is 0. The van der Waals surface area contributed by atoms with Crippen LogP contribution < -0.4 is 10.1 Å². The van der Waals surface area contributed by atoms with E-state index in [9.17, 15) is 4.79 Å². The van der Waals surface area contributed by atoms with Crippen molar-refractivity contribution in [3.63, 3.8) is 0 Å². The van der Waals surface area contributed by atoms with Crippen LogP contribution in [0.15, 0.2) is 40.9 Å². The summed E-state index contributed by atoms with van der Waals surface area (Å²) in [6, 6.07) is 9.43. The molecule has 136 valence electrons. The number of carbonyl (C=O) groups excluding carboxylic acids is 1. The monoisotopic (exact) mass is 353 g/mol. The lowest BCUT2D eigenvalue weighted by atomic mass is 10.1. The van der Waals surface area contributed by atoms with Crippen molar-refractivity contribution in [1.82, 2.24) is 15.1 Å². The third-order valence-electron chi connectivity index (χ3n) is 4.43. The second-order valence-corrected chi connectivity index (χ2v) is 6.34. The molecule has 0 fully saturated rings. The first-order chi connectivity index (χ1) is 12.5. The largest absolute Gasteiger partial charge is 0.485 e. The Morgan fingerprint density at radius 1 is 1.19 bits per heavy atom. The number of nitrogens with one attached hydrogen (secondary N) is 1.